The standard InChI is InChI=1S/C11H15N3O2S/c1-7(15)9-6-13-11(17-9)14-10(16)8-4-2-3-5-12-8/h6,8,12H,2-5H2,1H3,(H,13,14,16). The third-order valence-corrected chi connectivity index (χ3v) is 3.72. The van der Waals surface area contributed by atoms with E-state index in [1.54, 1.807) is 0 Å². The first-order valence-corrected chi connectivity index (χ1v) is 6.49. The van der Waals surface area contributed by atoms with Crippen molar-refractivity contribution in [2.45, 2.75) is 32.2 Å². The number of piperidine rings is 1. The summed E-state index contributed by atoms with van der Waals surface area (Å²) in [6.07, 6.45) is 4.55. The Labute approximate surface area is 104 Å². The van der Waals surface area contributed by atoms with E-state index in [4.69, 9.17) is 0 Å². The van der Waals surface area contributed by atoms with Gasteiger partial charge >= 0.3 is 0 Å². The highest BCUT2D eigenvalue weighted by atomic mass is 32.1. The zero-order chi connectivity index (χ0) is 12.3. The minimum Gasteiger partial charge on any atom is -0.306 e. The van der Waals surface area contributed by atoms with Gasteiger partial charge in [0.25, 0.3) is 0 Å². The van der Waals surface area contributed by atoms with E-state index < -0.39 is 0 Å². The van der Waals surface area contributed by atoms with Crippen LogP contribution in [0, 0.1) is 0 Å². The number of carbonyl (C=O) groups excluding carboxylic acids is 2. The SMILES string of the molecule is CC(=O)c1cnc(NC(=O)C2CCCCN2)s1. The second-order valence-corrected chi connectivity index (χ2v) is 5.11. The van der Waals surface area contributed by atoms with Crippen molar-refractivity contribution in [2.24, 2.45) is 0 Å². The molecule has 1 saturated heterocycles. The Morgan fingerprint density at radius 1 is 1.53 bits per heavy atom. The van der Waals surface area contributed by atoms with Crippen LogP contribution < -0.4 is 10.6 Å². The van der Waals surface area contributed by atoms with Crippen LogP contribution in [0.2, 0.25) is 0 Å². The monoisotopic (exact) mass is 253 g/mol. The van der Waals surface area contributed by atoms with Gasteiger partial charge in [0.15, 0.2) is 10.9 Å². The van der Waals surface area contributed by atoms with Gasteiger partial charge in [-0.3, -0.25) is 9.59 Å². The van der Waals surface area contributed by atoms with Gasteiger partial charge in [0.1, 0.15) is 0 Å². The molecule has 5 nitrogen and oxygen atoms in total. The summed E-state index contributed by atoms with van der Waals surface area (Å²) in [6, 6.07) is -0.131. The molecule has 0 aromatic carbocycles. The number of aromatic nitrogens is 1. The van der Waals surface area contributed by atoms with E-state index in [1.807, 2.05) is 0 Å². The maximum atomic E-state index is 11.9. The van der Waals surface area contributed by atoms with Gasteiger partial charge in [-0.05, 0) is 19.4 Å². The van der Waals surface area contributed by atoms with Crippen LogP contribution >= 0.6 is 11.3 Å². The van der Waals surface area contributed by atoms with E-state index in [2.05, 4.69) is 15.6 Å². The molecule has 2 heterocycles. The molecule has 0 bridgehead atoms. The van der Waals surface area contributed by atoms with Gasteiger partial charge in [0.05, 0.1) is 17.1 Å². The Morgan fingerprint density at radius 3 is 2.94 bits per heavy atom. The normalized spacial score (nSPS) is 19.9. The quantitative estimate of drug-likeness (QED) is 0.799. The zero-order valence-corrected chi connectivity index (χ0v) is 10.5. The number of hydrogen-bond donors (Lipinski definition) is 2. The molecule has 1 fully saturated rings. The van der Waals surface area contributed by atoms with E-state index in [-0.39, 0.29) is 17.7 Å². The molecule has 0 radical (unpaired) electrons. The van der Waals surface area contributed by atoms with Crippen LogP contribution in [0.3, 0.4) is 0 Å². The molecule has 1 aliphatic heterocycles. The molecule has 1 atom stereocenters. The number of amides is 1. The summed E-state index contributed by atoms with van der Waals surface area (Å²) < 4.78 is 0. The highest BCUT2D eigenvalue weighted by Gasteiger charge is 2.21. The topological polar surface area (TPSA) is 71.1 Å². The average Bonchev–Trinajstić information content (AvgIpc) is 2.79. The van der Waals surface area contributed by atoms with Gasteiger partial charge in [-0.25, -0.2) is 4.98 Å². The maximum absolute atomic E-state index is 11.9. The number of hydrogen-bond acceptors (Lipinski definition) is 5. The first-order chi connectivity index (χ1) is 8.16. The van der Waals surface area contributed by atoms with Crippen LogP contribution in [0.4, 0.5) is 5.13 Å². The summed E-state index contributed by atoms with van der Waals surface area (Å²) in [7, 11) is 0. The molecule has 0 spiro atoms. The molecule has 17 heavy (non-hydrogen) atoms. The third kappa shape index (κ3) is 3.10. The minimum absolute atomic E-state index is 0.0289. The molecular formula is C11H15N3O2S. The largest absolute Gasteiger partial charge is 0.306 e. The molecule has 1 unspecified atom stereocenters. The van der Waals surface area contributed by atoms with E-state index in [0.29, 0.717) is 10.0 Å². The fourth-order valence-corrected chi connectivity index (χ4v) is 2.48. The first-order valence-electron chi connectivity index (χ1n) is 5.68. The summed E-state index contributed by atoms with van der Waals surface area (Å²) in [5.74, 6) is -0.0899. The van der Waals surface area contributed by atoms with Crippen LogP contribution in [0.25, 0.3) is 0 Å². The van der Waals surface area contributed by atoms with Crippen molar-refractivity contribution in [2.75, 3.05) is 11.9 Å². The smallest absolute Gasteiger partial charge is 0.243 e. The molecule has 92 valence electrons. The van der Waals surface area contributed by atoms with Crippen LogP contribution in [0.1, 0.15) is 35.9 Å². The predicted molar refractivity (Wildman–Crippen MR) is 66.4 cm³/mol. The van der Waals surface area contributed by atoms with Crippen molar-refractivity contribution >= 4 is 28.2 Å². The first kappa shape index (κ1) is 12.2. The van der Waals surface area contributed by atoms with E-state index in [0.717, 1.165) is 25.8 Å². The average molecular weight is 253 g/mol. The summed E-state index contributed by atoms with van der Waals surface area (Å²) in [6.45, 7) is 2.37. The van der Waals surface area contributed by atoms with Gasteiger partial charge in [0.2, 0.25) is 5.91 Å². The highest BCUT2D eigenvalue weighted by molar-refractivity contribution is 7.17. The predicted octanol–water partition coefficient (Wildman–Crippen LogP) is 1.43. The minimum atomic E-state index is -0.131. The van der Waals surface area contributed by atoms with Crippen molar-refractivity contribution in [3.8, 4) is 0 Å². The van der Waals surface area contributed by atoms with Crippen molar-refractivity contribution in [1.82, 2.24) is 10.3 Å². The fourth-order valence-electron chi connectivity index (χ4n) is 1.76. The Hall–Kier alpha value is -1.27. The number of carbonyl (C=O) groups is 2. The van der Waals surface area contributed by atoms with E-state index >= 15 is 0 Å². The lowest BCUT2D eigenvalue weighted by Crippen LogP contribution is -2.43. The lowest BCUT2D eigenvalue weighted by Gasteiger charge is -2.21. The van der Waals surface area contributed by atoms with Crippen LogP contribution in [0.5, 0.6) is 0 Å². The number of nitrogens with zero attached hydrogens (tertiary/aromatic N) is 1. The fraction of sp³-hybridized carbons (Fsp3) is 0.545. The molecular weight excluding hydrogens is 238 g/mol. The number of thiazole rings is 1. The van der Waals surface area contributed by atoms with E-state index in [9.17, 15) is 9.59 Å². The molecule has 0 aliphatic carbocycles. The molecule has 1 aliphatic rings. The third-order valence-electron chi connectivity index (χ3n) is 2.71. The number of Topliss-reactive ketones (excluding diaryl/α,β-unsaturated/α-hetero) is 1. The number of anilines is 1. The molecule has 2 N–H and O–H groups in total. The van der Waals surface area contributed by atoms with Gasteiger partial charge in [-0.2, -0.15) is 0 Å². The zero-order valence-electron chi connectivity index (χ0n) is 9.66. The molecule has 6 heteroatoms. The molecule has 0 saturated carbocycles. The second kappa shape index (κ2) is 5.37. The summed E-state index contributed by atoms with van der Waals surface area (Å²) >= 11 is 1.21. The summed E-state index contributed by atoms with van der Waals surface area (Å²) in [5, 5.41) is 6.40. The lowest BCUT2D eigenvalue weighted by atomic mass is 10.0. The van der Waals surface area contributed by atoms with E-state index in [1.165, 1.54) is 24.5 Å². The van der Waals surface area contributed by atoms with Gasteiger partial charge in [0, 0.05) is 6.92 Å². The van der Waals surface area contributed by atoms with Crippen LogP contribution in [-0.4, -0.2) is 29.3 Å². The Morgan fingerprint density at radius 2 is 2.35 bits per heavy atom. The molecule has 2 rings (SSSR count). The summed E-state index contributed by atoms with van der Waals surface area (Å²) in [4.78, 5) is 27.5. The van der Waals surface area contributed by atoms with Crippen molar-refractivity contribution in [1.29, 1.82) is 0 Å². The molecule has 1 aromatic heterocycles. The van der Waals surface area contributed by atoms with Gasteiger partial charge < -0.3 is 10.6 Å². The molecule has 1 aromatic rings. The number of rotatable bonds is 3. The summed E-state index contributed by atoms with van der Waals surface area (Å²) in [5.41, 5.74) is 0. The Balaban J connectivity index is 1.94. The Bertz CT molecular complexity index is 424. The van der Waals surface area contributed by atoms with Crippen molar-refractivity contribution in [3.63, 3.8) is 0 Å². The maximum Gasteiger partial charge on any atom is 0.243 e. The van der Waals surface area contributed by atoms with Gasteiger partial charge in [-0.1, -0.05) is 17.8 Å². The molecule has 1 amide bonds. The van der Waals surface area contributed by atoms with Crippen molar-refractivity contribution < 1.29 is 9.59 Å². The number of ketones is 1. The van der Waals surface area contributed by atoms with Crippen LogP contribution in [0.15, 0.2) is 6.20 Å². The second-order valence-electron chi connectivity index (χ2n) is 4.08. The van der Waals surface area contributed by atoms with Gasteiger partial charge in [-0.15, -0.1) is 0 Å². The Kier molecular flexibility index (Phi) is 3.86. The van der Waals surface area contributed by atoms with Crippen LogP contribution in [-0.2, 0) is 4.79 Å². The highest BCUT2D eigenvalue weighted by Crippen LogP contribution is 2.19. The lowest BCUT2D eigenvalue weighted by molar-refractivity contribution is -0.118. The number of nitrogens with one attached hydrogen (secondary N) is 2. The van der Waals surface area contributed by atoms with Crippen molar-refractivity contribution in [3.05, 3.63) is 11.1 Å².